The number of nitrogens with one attached hydrogen (secondary N) is 3. The lowest BCUT2D eigenvalue weighted by atomic mass is 9.59. The van der Waals surface area contributed by atoms with Gasteiger partial charge < -0.3 is 34.5 Å². The van der Waals surface area contributed by atoms with E-state index in [1.165, 1.54) is 58.9 Å². The van der Waals surface area contributed by atoms with Crippen molar-refractivity contribution in [3.63, 3.8) is 0 Å². The number of nitro benzene ring substituents is 1. The summed E-state index contributed by atoms with van der Waals surface area (Å²) in [4.78, 5) is 39.8. The quantitative estimate of drug-likeness (QED) is 0.0526. The fourth-order valence-electron chi connectivity index (χ4n) is 12.5. The van der Waals surface area contributed by atoms with Crippen molar-refractivity contribution < 1.29 is 41.8 Å². The summed E-state index contributed by atoms with van der Waals surface area (Å²) in [6.45, 7) is 12.6. The number of aryl methyl sites for hydroxylation is 1. The van der Waals surface area contributed by atoms with Crippen LogP contribution in [0, 0.1) is 27.3 Å². The number of aromatic amines is 1. The first-order valence-electron chi connectivity index (χ1n) is 26.8. The zero-order valence-corrected chi connectivity index (χ0v) is 44.8. The highest BCUT2D eigenvalue weighted by Crippen LogP contribution is 2.54. The van der Waals surface area contributed by atoms with Crippen LogP contribution in [-0.2, 0) is 23.0 Å². The summed E-state index contributed by atoms with van der Waals surface area (Å²) >= 11 is 0. The molecule has 6 aromatic rings. The SMILES string of the molecule is COc1cc(CN2CCN(C3CC4(C3)CN(c3ccc(C(=O)NS(=O)(=O)c5ccc(NCC6CCC(C)(O)CC6)c([N+](=O)[O-])c5)c(Oc5cnc6[nH]cc(F)c6c5)c3)C4)C(c3ccccc3C(C)C)C2)cc2c1OCCC2. The number of nitro groups is 1. The maximum Gasteiger partial charge on any atom is 0.293 e. The van der Waals surface area contributed by atoms with E-state index in [9.17, 15) is 32.8 Å². The van der Waals surface area contributed by atoms with Crippen LogP contribution >= 0.6 is 0 Å². The Morgan fingerprint density at radius 2 is 1.83 bits per heavy atom. The lowest BCUT2D eigenvalue weighted by Crippen LogP contribution is -2.68. The van der Waals surface area contributed by atoms with Gasteiger partial charge in [0.05, 0.1) is 46.3 Å². The molecule has 0 radical (unpaired) electrons. The van der Waals surface area contributed by atoms with Crippen LogP contribution in [0.25, 0.3) is 11.0 Å². The van der Waals surface area contributed by atoms with Gasteiger partial charge in [-0.3, -0.25) is 24.7 Å². The van der Waals surface area contributed by atoms with E-state index in [-0.39, 0.29) is 45.5 Å². The summed E-state index contributed by atoms with van der Waals surface area (Å²) in [5.74, 6) is 0.788. The van der Waals surface area contributed by atoms with Gasteiger partial charge in [-0.25, -0.2) is 22.5 Å². The second kappa shape index (κ2) is 20.9. The molecule has 17 nitrogen and oxygen atoms in total. The number of nitrogens with zero attached hydrogens (tertiary/aromatic N) is 5. The number of pyridine rings is 1. The Morgan fingerprint density at radius 1 is 1.04 bits per heavy atom. The third-order valence-corrected chi connectivity index (χ3v) is 18.0. The molecule has 4 aromatic carbocycles. The van der Waals surface area contributed by atoms with Gasteiger partial charge in [0.2, 0.25) is 0 Å². The first-order chi connectivity index (χ1) is 36.9. The minimum atomic E-state index is -4.65. The lowest BCUT2D eigenvalue weighted by molar-refractivity contribution is -0.384. The third kappa shape index (κ3) is 10.8. The number of sulfonamides is 1. The number of fused-ring (bicyclic) bond motifs is 2. The smallest absolute Gasteiger partial charge is 0.293 e. The Bertz CT molecular complexity index is 3310. The molecule has 11 rings (SSSR count). The molecule has 1 unspecified atom stereocenters. The molecule has 3 aliphatic heterocycles. The number of H-pyrrole nitrogens is 1. The molecule has 4 fully saturated rings. The lowest BCUT2D eigenvalue weighted by Gasteiger charge is -2.63. The van der Waals surface area contributed by atoms with E-state index in [1.54, 1.807) is 26.2 Å². The van der Waals surface area contributed by atoms with Gasteiger partial charge in [0.15, 0.2) is 11.5 Å². The van der Waals surface area contributed by atoms with Crippen molar-refractivity contribution >= 4 is 44.0 Å². The molecule has 1 atom stereocenters. The molecule has 4 N–H and O–H groups in total. The molecule has 2 saturated carbocycles. The standard InChI is InChI=1S/C58H67FN8O9S/c1-36(2)44-9-5-6-10-45(44)51-33-64(32-38-22-39-8-7-21-75-54(39)53(23-38)74-4)19-20-66(51)41-27-58(28-41)34-65(35-58)40-11-13-46(52(24-40)76-42-25-47-48(59)31-62-55(47)61-30-42)56(68)63-77(72,73)43-12-14-49(50(26-43)67(70)71)60-29-37-15-17-57(3,69)18-16-37/h5-6,9-14,22-26,30-31,36-37,41,51,60,69H,7-8,15-21,27-29,32-35H2,1-4H3,(H,61,62)(H,63,68). The maximum atomic E-state index is 14.8. The number of aromatic nitrogens is 2. The molecular formula is C58H67FN8O9S. The molecule has 77 heavy (non-hydrogen) atoms. The normalized spacial score (nSPS) is 21.7. The van der Waals surface area contributed by atoms with E-state index in [4.69, 9.17) is 14.2 Å². The molecule has 5 heterocycles. The van der Waals surface area contributed by atoms with E-state index < -0.39 is 42.9 Å². The monoisotopic (exact) mass is 1070 g/mol. The van der Waals surface area contributed by atoms with Gasteiger partial charge in [-0.2, -0.15) is 0 Å². The van der Waals surface area contributed by atoms with Crippen LogP contribution in [0.2, 0.25) is 0 Å². The number of piperazine rings is 1. The Labute approximate surface area is 448 Å². The number of halogens is 1. The van der Waals surface area contributed by atoms with E-state index in [0.717, 1.165) is 101 Å². The number of aliphatic hydroxyl groups is 1. The Kier molecular flexibility index (Phi) is 14.2. The topological polar surface area (TPSA) is 205 Å². The number of anilines is 2. The fourth-order valence-corrected chi connectivity index (χ4v) is 13.5. The van der Waals surface area contributed by atoms with Crippen LogP contribution in [0.5, 0.6) is 23.0 Å². The van der Waals surface area contributed by atoms with Gasteiger partial charge >= 0.3 is 0 Å². The number of ether oxygens (including phenoxy) is 3. The zero-order chi connectivity index (χ0) is 53.8. The highest BCUT2D eigenvalue weighted by atomic mass is 32.2. The van der Waals surface area contributed by atoms with Crippen molar-refractivity contribution in [3.8, 4) is 23.0 Å². The molecule has 2 aromatic heterocycles. The molecule has 5 aliphatic rings. The third-order valence-electron chi connectivity index (χ3n) is 16.7. The summed E-state index contributed by atoms with van der Waals surface area (Å²) in [5, 5.41) is 25.9. The number of hydrogen-bond acceptors (Lipinski definition) is 14. The number of hydrogen-bond donors (Lipinski definition) is 4. The molecule has 2 aliphatic carbocycles. The number of rotatable bonds is 16. The van der Waals surface area contributed by atoms with E-state index >= 15 is 0 Å². The molecular weight excluding hydrogens is 1000 g/mol. The van der Waals surface area contributed by atoms with Gasteiger partial charge in [0, 0.05) is 87.3 Å². The zero-order valence-electron chi connectivity index (χ0n) is 44.0. The van der Waals surface area contributed by atoms with Crippen molar-refractivity contribution in [3.05, 3.63) is 135 Å². The first-order valence-corrected chi connectivity index (χ1v) is 28.3. The Morgan fingerprint density at radius 3 is 2.60 bits per heavy atom. The van der Waals surface area contributed by atoms with Crippen LogP contribution in [0.4, 0.5) is 21.5 Å². The summed E-state index contributed by atoms with van der Waals surface area (Å²) in [5.41, 5.74) is 5.17. The Balaban J connectivity index is 0.795. The van der Waals surface area contributed by atoms with Gasteiger partial charge in [-0.1, -0.05) is 44.2 Å². The Hall–Kier alpha value is -6.80. The minimum Gasteiger partial charge on any atom is -0.493 e. The number of carbonyl (C=O) groups excluding carboxylic acids is 1. The molecule has 19 heteroatoms. The van der Waals surface area contributed by atoms with Crippen LogP contribution in [0.1, 0.15) is 110 Å². The number of amides is 1. The first kappa shape index (κ1) is 52.3. The van der Waals surface area contributed by atoms with E-state index in [1.807, 2.05) is 0 Å². The summed E-state index contributed by atoms with van der Waals surface area (Å²) in [6, 6.07) is 23.8. The van der Waals surface area contributed by atoms with Gasteiger partial charge in [0.1, 0.15) is 28.7 Å². The molecule has 1 amide bonds. The molecule has 0 bridgehead atoms. The number of methoxy groups -OCH3 is 1. The number of carbonyl (C=O) groups is 1. The van der Waals surface area contributed by atoms with Gasteiger partial charge in [-0.15, -0.1) is 0 Å². The van der Waals surface area contributed by atoms with Crippen molar-refractivity contribution in [1.29, 1.82) is 0 Å². The molecule has 406 valence electrons. The molecule has 1 spiro atoms. The number of benzene rings is 4. The predicted octanol–water partition coefficient (Wildman–Crippen LogP) is 9.86. The van der Waals surface area contributed by atoms with Crippen LogP contribution < -0.4 is 29.1 Å². The van der Waals surface area contributed by atoms with Crippen LogP contribution in [0.3, 0.4) is 0 Å². The van der Waals surface area contributed by atoms with Gasteiger partial charge in [0.25, 0.3) is 21.6 Å². The summed E-state index contributed by atoms with van der Waals surface area (Å²) in [7, 11) is -2.94. The second-order valence-corrected chi connectivity index (χ2v) is 24.3. The van der Waals surface area contributed by atoms with Crippen molar-refractivity contribution in [2.75, 3.05) is 63.2 Å². The molecule has 2 saturated heterocycles. The maximum absolute atomic E-state index is 14.8. The minimum absolute atomic E-state index is 0.0150. The predicted molar refractivity (Wildman–Crippen MR) is 291 cm³/mol. The van der Waals surface area contributed by atoms with Crippen molar-refractivity contribution in [2.24, 2.45) is 11.3 Å². The fraction of sp³-hybridized carbons (Fsp3) is 0.448. The van der Waals surface area contributed by atoms with E-state index in [0.29, 0.717) is 43.6 Å². The highest BCUT2D eigenvalue weighted by molar-refractivity contribution is 7.90. The van der Waals surface area contributed by atoms with Crippen molar-refractivity contribution in [1.82, 2.24) is 24.5 Å². The second-order valence-electron chi connectivity index (χ2n) is 22.6. The van der Waals surface area contributed by atoms with E-state index in [2.05, 4.69) is 85.0 Å². The largest absolute Gasteiger partial charge is 0.493 e. The van der Waals surface area contributed by atoms with Crippen molar-refractivity contribution in [2.45, 2.75) is 107 Å². The average Bonchev–Trinajstić information content (AvgIpc) is 3.86. The average molecular weight is 1070 g/mol. The summed E-state index contributed by atoms with van der Waals surface area (Å²) < 4.78 is 62.7. The van der Waals surface area contributed by atoms with Crippen LogP contribution in [0.15, 0.2) is 96.2 Å². The van der Waals surface area contributed by atoms with Crippen LogP contribution in [-0.4, -0.2) is 109 Å². The van der Waals surface area contributed by atoms with Gasteiger partial charge in [-0.05, 0) is 129 Å². The highest BCUT2D eigenvalue weighted by Gasteiger charge is 2.55. The summed E-state index contributed by atoms with van der Waals surface area (Å²) in [6.07, 6.45) is 9.32.